The van der Waals surface area contributed by atoms with Gasteiger partial charge < -0.3 is 57.6 Å². The minimum atomic E-state index is -2.55. The van der Waals surface area contributed by atoms with Crippen molar-refractivity contribution in [2.24, 2.45) is 0 Å². The third kappa shape index (κ3) is 11.5. The van der Waals surface area contributed by atoms with Gasteiger partial charge in [0.15, 0.2) is 30.5 Å². The summed E-state index contributed by atoms with van der Waals surface area (Å²) in [5, 5.41) is 19.8. The first-order chi connectivity index (χ1) is 24.4. The zero-order valence-corrected chi connectivity index (χ0v) is 29.0. The first-order valence-corrected chi connectivity index (χ1v) is 15.7. The summed E-state index contributed by atoms with van der Waals surface area (Å²) in [6, 6.07) is 5.70. The van der Waals surface area contributed by atoms with Crippen LogP contribution in [0.3, 0.4) is 0 Å². The number of esters is 7. The SMILES string of the molecule is CC(=O)OC[C@H]1O[C@H](O[C@]2(COC(C)=O)O[C@H](CO)[C@@H](OC(C)=O)[C@@H]2OC(=O)C=Cc2ccc(O)cc2)[C@H](OC(C)=O)[C@@H](OC(C)=O)[C@@H]1OC(C)=O. The van der Waals surface area contributed by atoms with Crippen LogP contribution in [-0.4, -0.2) is 127 Å². The summed E-state index contributed by atoms with van der Waals surface area (Å²) < 4.78 is 55.9. The van der Waals surface area contributed by atoms with E-state index in [4.69, 9.17) is 47.4 Å². The highest BCUT2D eigenvalue weighted by molar-refractivity contribution is 5.87. The van der Waals surface area contributed by atoms with Crippen molar-refractivity contribution in [3.63, 3.8) is 0 Å². The number of aliphatic hydroxyl groups excluding tert-OH is 1. The van der Waals surface area contributed by atoms with E-state index in [0.29, 0.717) is 5.56 Å². The molecule has 0 aliphatic carbocycles. The van der Waals surface area contributed by atoms with E-state index in [1.807, 2.05) is 0 Å². The number of aromatic hydroxyl groups is 1. The molecule has 19 nitrogen and oxygen atoms in total. The summed E-state index contributed by atoms with van der Waals surface area (Å²) in [4.78, 5) is 86.3. The molecule has 52 heavy (non-hydrogen) atoms. The molecule has 0 radical (unpaired) electrons. The Morgan fingerprint density at radius 3 is 1.77 bits per heavy atom. The van der Waals surface area contributed by atoms with Gasteiger partial charge in [-0.3, -0.25) is 28.8 Å². The highest BCUT2D eigenvalue weighted by Gasteiger charge is 2.64. The Morgan fingerprint density at radius 2 is 1.23 bits per heavy atom. The van der Waals surface area contributed by atoms with Crippen molar-refractivity contribution in [3.05, 3.63) is 35.9 Å². The van der Waals surface area contributed by atoms with Crippen LogP contribution in [0.25, 0.3) is 6.08 Å². The average Bonchev–Trinajstić information content (AvgIpc) is 3.31. The lowest BCUT2D eigenvalue weighted by atomic mass is 9.97. The smallest absolute Gasteiger partial charge is 0.331 e. The molecule has 9 atom stereocenters. The molecule has 0 amide bonds. The molecule has 0 bridgehead atoms. The third-order valence-electron chi connectivity index (χ3n) is 7.22. The van der Waals surface area contributed by atoms with Crippen molar-refractivity contribution in [3.8, 4) is 5.75 Å². The molecule has 2 aliphatic heterocycles. The minimum Gasteiger partial charge on any atom is -0.508 e. The van der Waals surface area contributed by atoms with Gasteiger partial charge in [-0.2, -0.15) is 0 Å². The van der Waals surface area contributed by atoms with Crippen LogP contribution in [-0.2, 0) is 80.9 Å². The van der Waals surface area contributed by atoms with E-state index in [2.05, 4.69) is 0 Å². The Bertz CT molecular complexity index is 1500. The van der Waals surface area contributed by atoms with Crippen LogP contribution in [0.1, 0.15) is 47.1 Å². The van der Waals surface area contributed by atoms with Gasteiger partial charge >= 0.3 is 41.8 Å². The molecule has 0 saturated carbocycles. The molecule has 2 aliphatic rings. The van der Waals surface area contributed by atoms with Crippen molar-refractivity contribution in [1.82, 2.24) is 0 Å². The molecule has 0 aromatic heterocycles. The predicted molar refractivity (Wildman–Crippen MR) is 167 cm³/mol. The van der Waals surface area contributed by atoms with Crippen LogP contribution < -0.4 is 0 Å². The lowest BCUT2D eigenvalue weighted by Crippen LogP contribution is -2.65. The lowest BCUT2D eigenvalue weighted by molar-refractivity contribution is -0.384. The average molecular weight is 741 g/mol. The fourth-order valence-electron chi connectivity index (χ4n) is 5.30. The van der Waals surface area contributed by atoms with Crippen LogP contribution in [0.2, 0.25) is 0 Å². The molecule has 2 fully saturated rings. The van der Waals surface area contributed by atoms with E-state index < -0.39 is 116 Å². The molecule has 0 spiro atoms. The minimum absolute atomic E-state index is 0.0308. The number of hydrogen-bond donors (Lipinski definition) is 2. The second-order valence-electron chi connectivity index (χ2n) is 11.5. The molecular formula is C33H40O19. The molecule has 2 heterocycles. The Morgan fingerprint density at radius 1 is 0.692 bits per heavy atom. The topological polar surface area (TPSA) is 252 Å². The fraction of sp³-hybridized carbons (Fsp3) is 0.545. The highest BCUT2D eigenvalue weighted by atomic mass is 16.8. The molecule has 0 unspecified atom stereocenters. The zero-order valence-electron chi connectivity index (χ0n) is 29.0. The van der Waals surface area contributed by atoms with Gasteiger partial charge in [0.2, 0.25) is 12.1 Å². The van der Waals surface area contributed by atoms with E-state index in [1.165, 1.54) is 30.3 Å². The van der Waals surface area contributed by atoms with Gasteiger partial charge in [0.1, 0.15) is 31.2 Å². The summed E-state index contributed by atoms with van der Waals surface area (Å²) in [7, 11) is 0. The standard InChI is InChI=1S/C33H40O19/c1-16(35)43-14-25-27(45-18(3)37)29(47-20(5)39)30(48-21(6)40)32(49-25)52-33(15-44-17(2)36)31(28(46-19(4)38)24(13-34)51-33)50-26(42)12-9-22-7-10-23(41)11-8-22/h7-12,24-25,27-32,34,41H,13-15H2,1-6H3/t24-,25-,27-,28-,29+,30-,31+,32-,33+/m1/s1. The highest BCUT2D eigenvalue weighted by Crippen LogP contribution is 2.41. The molecule has 2 N–H and O–H groups in total. The van der Waals surface area contributed by atoms with Gasteiger partial charge in [0.25, 0.3) is 0 Å². The number of hydrogen-bond acceptors (Lipinski definition) is 19. The van der Waals surface area contributed by atoms with Crippen LogP contribution in [0.5, 0.6) is 5.75 Å². The Labute approximate surface area is 296 Å². The number of phenolic OH excluding ortho intramolecular Hbond substituents is 1. The van der Waals surface area contributed by atoms with Crippen LogP contribution >= 0.6 is 0 Å². The van der Waals surface area contributed by atoms with E-state index in [1.54, 1.807) is 0 Å². The van der Waals surface area contributed by atoms with Gasteiger partial charge in [-0.15, -0.1) is 0 Å². The molecule has 286 valence electrons. The Hall–Kier alpha value is -5.11. The van der Waals surface area contributed by atoms with E-state index in [9.17, 15) is 43.8 Å². The Balaban J connectivity index is 2.18. The van der Waals surface area contributed by atoms with Crippen molar-refractivity contribution in [2.45, 2.75) is 96.3 Å². The van der Waals surface area contributed by atoms with Crippen LogP contribution in [0.4, 0.5) is 0 Å². The largest absolute Gasteiger partial charge is 0.508 e. The predicted octanol–water partition coefficient (Wildman–Crippen LogP) is -0.000900. The fourth-order valence-corrected chi connectivity index (χ4v) is 5.30. The molecule has 3 rings (SSSR count). The molecule has 1 aromatic rings. The van der Waals surface area contributed by atoms with Gasteiger partial charge in [0.05, 0.1) is 6.61 Å². The summed E-state index contributed by atoms with van der Waals surface area (Å²) >= 11 is 0. The van der Waals surface area contributed by atoms with Gasteiger partial charge in [0, 0.05) is 47.6 Å². The molecule has 19 heteroatoms. The molecule has 2 saturated heterocycles. The monoisotopic (exact) mass is 740 g/mol. The number of benzene rings is 1. The van der Waals surface area contributed by atoms with Gasteiger partial charge in [-0.05, 0) is 23.8 Å². The van der Waals surface area contributed by atoms with Gasteiger partial charge in [-0.25, -0.2) is 4.79 Å². The van der Waals surface area contributed by atoms with E-state index in [0.717, 1.165) is 47.6 Å². The van der Waals surface area contributed by atoms with E-state index >= 15 is 0 Å². The number of phenols is 1. The molecule has 1 aromatic carbocycles. The van der Waals surface area contributed by atoms with Gasteiger partial charge in [-0.1, -0.05) is 12.1 Å². The second-order valence-corrected chi connectivity index (χ2v) is 11.5. The van der Waals surface area contributed by atoms with Crippen LogP contribution in [0.15, 0.2) is 30.3 Å². The summed E-state index contributed by atoms with van der Waals surface area (Å²) in [6.07, 6.45) is -11.3. The first kappa shape index (κ1) is 41.3. The van der Waals surface area contributed by atoms with Crippen molar-refractivity contribution in [2.75, 3.05) is 19.8 Å². The number of ether oxygens (including phenoxy) is 10. The normalized spacial score (nSPS) is 28.3. The summed E-state index contributed by atoms with van der Waals surface area (Å²) in [5.74, 6) is -9.09. The molecular weight excluding hydrogens is 700 g/mol. The van der Waals surface area contributed by atoms with Crippen molar-refractivity contribution < 1.29 is 91.1 Å². The number of carbonyl (C=O) groups is 7. The Kier molecular flexibility index (Phi) is 14.6. The quantitative estimate of drug-likeness (QED) is 0.145. The summed E-state index contributed by atoms with van der Waals surface area (Å²) in [6.45, 7) is 3.67. The maximum atomic E-state index is 13.3. The zero-order chi connectivity index (χ0) is 38.7. The lowest BCUT2D eigenvalue weighted by Gasteiger charge is -2.46. The summed E-state index contributed by atoms with van der Waals surface area (Å²) in [5.41, 5.74) is 0.460. The van der Waals surface area contributed by atoms with Crippen LogP contribution in [0, 0.1) is 0 Å². The number of carbonyl (C=O) groups excluding carboxylic acids is 7. The maximum absolute atomic E-state index is 13.3. The van der Waals surface area contributed by atoms with E-state index in [-0.39, 0.29) is 5.75 Å². The third-order valence-corrected chi connectivity index (χ3v) is 7.22. The second kappa shape index (κ2) is 18.4. The number of aliphatic hydroxyl groups is 1. The maximum Gasteiger partial charge on any atom is 0.331 e. The van der Waals surface area contributed by atoms with Crippen molar-refractivity contribution in [1.29, 1.82) is 0 Å². The van der Waals surface area contributed by atoms with Crippen molar-refractivity contribution >= 4 is 47.9 Å². The number of rotatable bonds is 14. The first-order valence-electron chi connectivity index (χ1n) is 15.7.